The van der Waals surface area contributed by atoms with E-state index in [1.54, 1.807) is 62.6 Å². The van der Waals surface area contributed by atoms with Gasteiger partial charge in [-0.1, -0.05) is 18.2 Å². The number of carbonyl (C=O) groups is 2. The summed E-state index contributed by atoms with van der Waals surface area (Å²) in [6, 6.07) is 13.8. The van der Waals surface area contributed by atoms with Crippen LogP contribution in [-0.2, 0) is 4.79 Å². The molecule has 0 aromatic heterocycles. The van der Waals surface area contributed by atoms with Gasteiger partial charge in [-0.05, 0) is 38.1 Å². The smallest absolute Gasteiger partial charge is 0.265 e. The minimum absolute atomic E-state index is 0.0539. The Balaban J connectivity index is 2.02. The van der Waals surface area contributed by atoms with Gasteiger partial charge in [0.25, 0.3) is 5.91 Å². The van der Waals surface area contributed by atoms with Crippen LogP contribution in [0, 0.1) is 0 Å². The molecule has 1 atom stereocenters. The first-order chi connectivity index (χ1) is 11.0. The van der Waals surface area contributed by atoms with Crippen LogP contribution in [-0.4, -0.2) is 24.9 Å². The molecule has 0 saturated heterocycles. The Kier molecular flexibility index (Phi) is 5.36. The lowest BCUT2D eigenvalue weighted by Crippen LogP contribution is -2.30. The van der Waals surface area contributed by atoms with Crippen LogP contribution in [0.25, 0.3) is 0 Å². The van der Waals surface area contributed by atoms with Gasteiger partial charge in [0.05, 0.1) is 7.11 Å². The van der Waals surface area contributed by atoms with E-state index < -0.39 is 6.10 Å². The molecule has 23 heavy (non-hydrogen) atoms. The molecule has 1 N–H and O–H groups in total. The molecule has 0 spiro atoms. The Morgan fingerprint density at radius 1 is 1.04 bits per heavy atom. The number of Topliss-reactive ketones (excluding diaryl/α,β-unsaturated/α-hetero) is 1. The van der Waals surface area contributed by atoms with E-state index in [9.17, 15) is 9.59 Å². The van der Waals surface area contributed by atoms with Crippen molar-refractivity contribution in [3.8, 4) is 11.5 Å². The van der Waals surface area contributed by atoms with Gasteiger partial charge in [-0.3, -0.25) is 9.59 Å². The van der Waals surface area contributed by atoms with E-state index in [2.05, 4.69) is 5.32 Å². The first-order valence-corrected chi connectivity index (χ1v) is 7.22. The number of hydrogen-bond donors (Lipinski definition) is 1. The summed E-state index contributed by atoms with van der Waals surface area (Å²) in [4.78, 5) is 23.6. The molecule has 0 saturated carbocycles. The van der Waals surface area contributed by atoms with Gasteiger partial charge in [-0.2, -0.15) is 0 Å². The fourth-order valence-corrected chi connectivity index (χ4v) is 1.99. The quantitative estimate of drug-likeness (QED) is 0.831. The highest BCUT2D eigenvalue weighted by Gasteiger charge is 2.15. The first kappa shape index (κ1) is 16.5. The van der Waals surface area contributed by atoms with Gasteiger partial charge in [-0.15, -0.1) is 0 Å². The Morgan fingerprint density at radius 3 is 2.43 bits per heavy atom. The lowest BCUT2D eigenvalue weighted by atomic mass is 10.1. The van der Waals surface area contributed by atoms with Crippen LogP contribution in [0.3, 0.4) is 0 Å². The van der Waals surface area contributed by atoms with Crippen LogP contribution >= 0.6 is 0 Å². The molecule has 5 nitrogen and oxygen atoms in total. The van der Waals surface area contributed by atoms with Crippen molar-refractivity contribution < 1.29 is 19.1 Å². The number of nitrogens with one attached hydrogen (secondary N) is 1. The van der Waals surface area contributed by atoms with Crippen molar-refractivity contribution in [2.24, 2.45) is 0 Å². The molecule has 0 radical (unpaired) electrons. The third-order valence-corrected chi connectivity index (χ3v) is 3.26. The number of ether oxygens (including phenoxy) is 2. The average Bonchev–Trinajstić information content (AvgIpc) is 2.55. The van der Waals surface area contributed by atoms with E-state index in [-0.39, 0.29) is 11.7 Å². The fraction of sp³-hybridized carbons (Fsp3) is 0.222. The molecule has 2 aromatic carbocycles. The van der Waals surface area contributed by atoms with Gasteiger partial charge in [-0.25, -0.2) is 0 Å². The van der Waals surface area contributed by atoms with E-state index in [0.29, 0.717) is 22.7 Å². The lowest BCUT2D eigenvalue weighted by molar-refractivity contribution is -0.122. The summed E-state index contributed by atoms with van der Waals surface area (Å²) in [5, 5.41) is 2.74. The highest BCUT2D eigenvalue weighted by molar-refractivity contribution is 5.98. The predicted octanol–water partition coefficient (Wildman–Crippen LogP) is 3.30. The van der Waals surface area contributed by atoms with Crippen LogP contribution in [0.2, 0.25) is 0 Å². The van der Waals surface area contributed by atoms with E-state index in [4.69, 9.17) is 9.47 Å². The van der Waals surface area contributed by atoms with Gasteiger partial charge in [0.2, 0.25) is 0 Å². The molecule has 0 heterocycles. The van der Waals surface area contributed by atoms with Gasteiger partial charge < -0.3 is 14.8 Å². The summed E-state index contributed by atoms with van der Waals surface area (Å²) >= 11 is 0. The van der Waals surface area contributed by atoms with Crippen LogP contribution < -0.4 is 14.8 Å². The van der Waals surface area contributed by atoms with E-state index in [1.165, 1.54) is 6.92 Å². The van der Waals surface area contributed by atoms with Crippen molar-refractivity contribution in [3.63, 3.8) is 0 Å². The maximum atomic E-state index is 12.2. The first-order valence-electron chi connectivity index (χ1n) is 7.22. The van der Waals surface area contributed by atoms with Crippen LogP contribution in [0.4, 0.5) is 5.69 Å². The third kappa shape index (κ3) is 4.57. The van der Waals surface area contributed by atoms with Crippen LogP contribution in [0.1, 0.15) is 24.2 Å². The van der Waals surface area contributed by atoms with Gasteiger partial charge in [0, 0.05) is 17.3 Å². The second-order valence-electron chi connectivity index (χ2n) is 5.07. The van der Waals surface area contributed by atoms with Crippen LogP contribution in [0.5, 0.6) is 11.5 Å². The van der Waals surface area contributed by atoms with Gasteiger partial charge in [0.1, 0.15) is 11.5 Å². The highest BCUT2D eigenvalue weighted by Crippen LogP contribution is 2.20. The monoisotopic (exact) mass is 313 g/mol. The fourth-order valence-electron chi connectivity index (χ4n) is 1.99. The average molecular weight is 313 g/mol. The standard InChI is InChI=1S/C18H19NO4/c1-12(20)14-6-4-7-15(10-14)19-18(21)13(2)23-17-9-5-8-16(11-17)22-3/h4-11,13H,1-3H3,(H,19,21)/t13-/m0/s1. The Morgan fingerprint density at radius 2 is 1.74 bits per heavy atom. The van der Waals surface area contributed by atoms with Gasteiger partial charge >= 0.3 is 0 Å². The number of methoxy groups -OCH3 is 1. The number of amides is 1. The highest BCUT2D eigenvalue weighted by atomic mass is 16.5. The molecule has 0 unspecified atom stereocenters. The molecule has 0 aliphatic carbocycles. The molecule has 2 aromatic rings. The maximum absolute atomic E-state index is 12.2. The zero-order valence-electron chi connectivity index (χ0n) is 13.3. The number of benzene rings is 2. The van der Waals surface area contributed by atoms with Crippen molar-refractivity contribution in [1.82, 2.24) is 0 Å². The molecule has 0 bridgehead atoms. The molecular weight excluding hydrogens is 294 g/mol. The minimum Gasteiger partial charge on any atom is -0.497 e. The van der Waals surface area contributed by atoms with Crippen molar-refractivity contribution in [1.29, 1.82) is 0 Å². The molecule has 2 rings (SSSR count). The predicted molar refractivity (Wildman–Crippen MR) is 88.2 cm³/mol. The molecule has 0 aliphatic heterocycles. The van der Waals surface area contributed by atoms with Crippen molar-refractivity contribution in [3.05, 3.63) is 54.1 Å². The summed E-state index contributed by atoms with van der Waals surface area (Å²) in [5.74, 6) is 0.851. The normalized spacial score (nSPS) is 11.4. The minimum atomic E-state index is -0.692. The molecule has 5 heteroatoms. The number of ketones is 1. The lowest BCUT2D eigenvalue weighted by Gasteiger charge is -2.15. The second-order valence-corrected chi connectivity index (χ2v) is 5.07. The Labute approximate surface area is 135 Å². The summed E-state index contributed by atoms with van der Waals surface area (Å²) < 4.78 is 10.7. The van der Waals surface area contributed by atoms with E-state index in [0.717, 1.165) is 0 Å². The third-order valence-electron chi connectivity index (χ3n) is 3.26. The number of carbonyl (C=O) groups excluding carboxylic acids is 2. The summed E-state index contributed by atoms with van der Waals surface area (Å²) in [6.07, 6.45) is -0.692. The zero-order valence-corrected chi connectivity index (χ0v) is 13.3. The summed E-state index contributed by atoms with van der Waals surface area (Å²) in [6.45, 7) is 3.14. The van der Waals surface area contributed by atoms with Crippen molar-refractivity contribution in [2.75, 3.05) is 12.4 Å². The van der Waals surface area contributed by atoms with Crippen LogP contribution in [0.15, 0.2) is 48.5 Å². The summed E-state index contributed by atoms with van der Waals surface area (Å²) in [5.41, 5.74) is 1.10. The number of hydrogen-bond acceptors (Lipinski definition) is 4. The molecule has 1 amide bonds. The Bertz CT molecular complexity index is 712. The molecule has 0 fully saturated rings. The SMILES string of the molecule is COc1cccc(O[C@@H](C)C(=O)Nc2cccc(C(C)=O)c2)c1. The van der Waals surface area contributed by atoms with E-state index in [1.807, 2.05) is 0 Å². The molecule has 120 valence electrons. The molecule has 0 aliphatic rings. The molecular formula is C18H19NO4. The second kappa shape index (κ2) is 7.45. The largest absolute Gasteiger partial charge is 0.497 e. The van der Waals surface area contributed by atoms with Crippen molar-refractivity contribution >= 4 is 17.4 Å². The number of rotatable bonds is 6. The number of anilines is 1. The summed E-state index contributed by atoms with van der Waals surface area (Å²) in [7, 11) is 1.57. The topological polar surface area (TPSA) is 64.6 Å². The van der Waals surface area contributed by atoms with Crippen molar-refractivity contribution in [2.45, 2.75) is 20.0 Å². The maximum Gasteiger partial charge on any atom is 0.265 e. The van der Waals surface area contributed by atoms with E-state index >= 15 is 0 Å². The zero-order chi connectivity index (χ0) is 16.8. The van der Waals surface area contributed by atoms with Gasteiger partial charge in [0.15, 0.2) is 11.9 Å². The Hall–Kier alpha value is -2.82.